The van der Waals surface area contributed by atoms with Gasteiger partial charge in [0.1, 0.15) is 12.5 Å². The Hall–Kier alpha value is -1.83. The average molecular weight is 190 g/mol. The van der Waals surface area contributed by atoms with Gasteiger partial charge in [-0.1, -0.05) is 42.5 Å². The molecule has 0 atom stereocenters. The maximum Gasteiger partial charge on any atom is 0.115 e. The molecule has 0 saturated carbocycles. The molecule has 2 rings (SSSR count). The zero-order valence-corrected chi connectivity index (χ0v) is 7.97. The molecule has 1 aromatic carbocycles. The van der Waals surface area contributed by atoms with E-state index in [0.29, 0.717) is 5.75 Å². The van der Waals surface area contributed by atoms with Gasteiger partial charge in [0.2, 0.25) is 0 Å². The van der Waals surface area contributed by atoms with E-state index < -0.39 is 0 Å². The van der Waals surface area contributed by atoms with Crippen LogP contribution in [0.1, 0.15) is 6.42 Å². The van der Waals surface area contributed by atoms with E-state index in [2.05, 4.69) is 24.3 Å². The largest absolute Gasteiger partial charge is 0.508 e. The number of aromatic hydroxyl groups is 1. The quantitative estimate of drug-likeness (QED) is 0.683. The molecular formula is C12H14O2. The number of rotatable bonds is 0. The van der Waals surface area contributed by atoms with Crippen molar-refractivity contribution < 1.29 is 9.90 Å². The third kappa shape index (κ3) is 6.85. The third-order valence-corrected chi connectivity index (χ3v) is 1.41. The van der Waals surface area contributed by atoms with Crippen LogP contribution in [0.3, 0.4) is 0 Å². The second kappa shape index (κ2) is 9.26. The van der Waals surface area contributed by atoms with E-state index in [4.69, 9.17) is 9.90 Å². The molecule has 14 heavy (non-hydrogen) atoms. The summed E-state index contributed by atoms with van der Waals surface area (Å²) in [5.41, 5.74) is 0. The summed E-state index contributed by atoms with van der Waals surface area (Å²) in [5, 5.41) is 8.63. The van der Waals surface area contributed by atoms with Crippen LogP contribution in [0, 0.1) is 0 Å². The Balaban J connectivity index is 0.000000213. The van der Waals surface area contributed by atoms with Crippen molar-refractivity contribution in [3.05, 3.63) is 54.6 Å². The predicted molar refractivity (Wildman–Crippen MR) is 58.1 cm³/mol. The lowest BCUT2D eigenvalue weighted by Crippen LogP contribution is -1.56. The van der Waals surface area contributed by atoms with Crippen LogP contribution in [-0.2, 0) is 4.79 Å². The van der Waals surface area contributed by atoms with Crippen molar-refractivity contribution in [2.24, 2.45) is 0 Å². The standard InChI is InChI=1S/C6H6O.C5H6.CH2O/c7-6-4-2-1-3-5-6;1-2-4-5-3-1;1-2/h1-5,7H;1-4H,5H2;1H2. The van der Waals surface area contributed by atoms with Crippen LogP contribution < -0.4 is 0 Å². The van der Waals surface area contributed by atoms with Crippen LogP contribution in [-0.4, -0.2) is 11.9 Å². The van der Waals surface area contributed by atoms with Crippen molar-refractivity contribution in [2.75, 3.05) is 0 Å². The maximum atomic E-state index is 8.63. The monoisotopic (exact) mass is 190 g/mol. The molecule has 74 valence electrons. The van der Waals surface area contributed by atoms with Crippen molar-refractivity contribution >= 4 is 6.79 Å². The van der Waals surface area contributed by atoms with Crippen LogP contribution in [0.5, 0.6) is 5.75 Å². The fourth-order valence-corrected chi connectivity index (χ4v) is 0.821. The maximum absolute atomic E-state index is 8.63. The molecule has 1 aromatic rings. The molecule has 0 radical (unpaired) electrons. The number of hydrogen-bond acceptors (Lipinski definition) is 2. The first-order chi connectivity index (χ1) is 6.89. The summed E-state index contributed by atoms with van der Waals surface area (Å²) in [6.07, 6.45) is 9.50. The Morgan fingerprint density at radius 3 is 1.71 bits per heavy atom. The van der Waals surface area contributed by atoms with Crippen LogP contribution >= 0.6 is 0 Å². The molecule has 1 aliphatic carbocycles. The lowest BCUT2D eigenvalue weighted by Gasteiger charge is -1.82. The number of para-hydroxylation sites is 1. The molecule has 1 aliphatic rings. The normalized spacial score (nSPS) is 10.9. The van der Waals surface area contributed by atoms with Crippen LogP contribution in [0.4, 0.5) is 0 Å². The molecule has 0 spiro atoms. The van der Waals surface area contributed by atoms with Gasteiger partial charge in [-0.2, -0.15) is 0 Å². The SMILES string of the molecule is C1=CCC=C1.C=O.Oc1ccccc1. The van der Waals surface area contributed by atoms with Crippen LogP contribution in [0.2, 0.25) is 0 Å². The van der Waals surface area contributed by atoms with Crippen molar-refractivity contribution in [1.29, 1.82) is 0 Å². The molecule has 2 nitrogen and oxygen atoms in total. The summed E-state index contributed by atoms with van der Waals surface area (Å²) in [6.45, 7) is 2.00. The second-order valence-electron chi connectivity index (χ2n) is 2.43. The molecule has 0 amide bonds. The zero-order chi connectivity index (χ0) is 10.6. The lowest BCUT2D eigenvalue weighted by atomic mass is 10.3. The van der Waals surface area contributed by atoms with Crippen molar-refractivity contribution in [3.63, 3.8) is 0 Å². The number of phenolic OH excluding ortho intramolecular Hbond substituents is 1. The molecule has 0 saturated heterocycles. The second-order valence-corrected chi connectivity index (χ2v) is 2.43. The van der Waals surface area contributed by atoms with E-state index >= 15 is 0 Å². The van der Waals surface area contributed by atoms with Gasteiger partial charge < -0.3 is 9.90 Å². The minimum Gasteiger partial charge on any atom is -0.508 e. The van der Waals surface area contributed by atoms with E-state index in [9.17, 15) is 0 Å². The Kier molecular flexibility index (Phi) is 8.05. The molecule has 0 bridgehead atoms. The van der Waals surface area contributed by atoms with Gasteiger partial charge in [0.15, 0.2) is 0 Å². The first-order valence-corrected chi connectivity index (χ1v) is 4.24. The predicted octanol–water partition coefficient (Wildman–Crippen LogP) is 2.71. The van der Waals surface area contributed by atoms with E-state index in [1.165, 1.54) is 0 Å². The molecule has 1 N–H and O–H groups in total. The smallest absolute Gasteiger partial charge is 0.115 e. The molecule has 0 heterocycles. The van der Waals surface area contributed by atoms with Gasteiger partial charge in [0.25, 0.3) is 0 Å². The molecule has 2 heteroatoms. The van der Waals surface area contributed by atoms with E-state index in [1.54, 1.807) is 24.3 Å². The highest BCUT2D eigenvalue weighted by Crippen LogP contribution is 2.02. The zero-order valence-electron chi connectivity index (χ0n) is 7.97. The topological polar surface area (TPSA) is 37.3 Å². The summed E-state index contributed by atoms with van der Waals surface area (Å²) in [7, 11) is 0. The highest BCUT2D eigenvalue weighted by Gasteiger charge is 1.74. The minimum absolute atomic E-state index is 0.322. The summed E-state index contributed by atoms with van der Waals surface area (Å²) in [5.74, 6) is 0.322. The first kappa shape index (κ1) is 12.2. The lowest BCUT2D eigenvalue weighted by molar-refractivity contribution is -0.0979. The van der Waals surface area contributed by atoms with Gasteiger partial charge in [-0.15, -0.1) is 0 Å². The average Bonchev–Trinajstić information content (AvgIpc) is 2.80. The van der Waals surface area contributed by atoms with E-state index in [1.807, 2.05) is 12.9 Å². The molecule has 0 aliphatic heterocycles. The number of phenols is 1. The van der Waals surface area contributed by atoms with Crippen molar-refractivity contribution in [1.82, 2.24) is 0 Å². The summed E-state index contributed by atoms with van der Waals surface area (Å²) in [4.78, 5) is 8.00. The van der Waals surface area contributed by atoms with Crippen LogP contribution in [0.15, 0.2) is 54.6 Å². The van der Waals surface area contributed by atoms with Gasteiger partial charge in [0, 0.05) is 0 Å². The van der Waals surface area contributed by atoms with Crippen molar-refractivity contribution in [2.45, 2.75) is 6.42 Å². The van der Waals surface area contributed by atoms with Gasteiger partial charge >= 0.3 is 0 Å². The summed E-state index contributed by atoms with van der Waals surface area (Å²) in [6, 6.07) is 8.71. The fraction of sp³-hybridized carbons (Fsp3) is 0.0833. The fourth-order valence-electron chi connectivity index (χ4n) is 0.821. The number of benzene rings is 1. The summed E-state index contributed by atoms with van der Waals surface area (Å²) >= 11 is 0. The third-order valence-electron chi connectivity index (χ3n) is 1.41. The number of hydrogen-bond donors (Lipinski definition) is 1. The summed E-state index contributed by atoms with van der Waals surface area (Å²) < 4.78 is 0. The van der Waals surface area contributed by atoms with Gasteiger partial charge in [-0.25, -0.2) is 0 Å². The molecule has 0 aromatic heterocycles. The molecule has 0 fully saturated rings. The van der Waals surface area contributed by atoms with E-state index in [-0.39, 0.29) is 0 Å². The van der Waals surface area contributed by atoms with Gasteiger partial charge in [-0.3, -0.25) is 0 Å². The highest BCUT2D eigenvalue weighted by atomic mass is 16.3. The molecular weight excluding hydrogens is 176 g/mol. The Labute approximate surface area is 84.2 Å². The minimum atomic E-state index is 0.322. The van der Waals surface area contributed by atoms with Gasteiger partial charge in [0.05, 0.1) is 0 Å². The van der Waals surface area contributed by atoms with Gasteiger partial charge in [-0.05, 0) is 18.6 Å². The number of carbonyl (C=O) groups excluding carboxylic acids is 1. The van der Waals surface area contributed by atoms with Crippen molar-refractivity contribution in [3.8, 4) is 5.75 Å². The Morgan fingerprint density at radius 1 is 1.00 bits per heavy atom. The number of allylic oxidation sites excluding steroid dienone is 4. The Bertz CT molecular complexity index is 266. The molecule has 0 unspecified atom stereocenters. The Morgan fingerprint density at radius 2 is 1.50 bits per heavy atom. The first-order valence-electron chi connectivity index (χ1n) is 4.24. The van der Waals surface area contributed by atoms with E-state index in [0.717, 1.165) is 6.42 Å². The number of carbonyl (C=O) groups is 1. The highest BCUT2D eigenvalue weighted by molar-refractivity contribution is 5.18. The van der Waals surface area contributed by atoms with Crippen LogP contribution in [0.25, 0.3) is 0 Å².